The van der Waals surface area contributed by atoms with Gasteiger partial charge >= 0.3 is 6.18 Å². The number of carbonyl (C=O) groups is 2. The first-order chi connectivity index (χ1) is 21.8. The number of aromatic nitrogens is 2. The summed E-state index contributed by atoms with van der Waals surface area (Å²) in [7, 11) is 5.31. The van der Waals surface area contributed by atoms with Crippen LogP contribution in [0.5, 0.6) is 0 Å². The summed E-state index contributed by atoms with van der Waals surface area (Å²) in [5.74, 6) is -0.255. The minimum atomic E-state index is -4.24. The number of amides is 2. The van der Waals surface area contributed by atoms with Crippen LogP contribution in [-0.4, -0.2) is 103 Å². The summed E-state index contributed by atoms with van der Waals surface area (Å²) in [6.07, 6.45) is 1.16. The number of aliphatic imine (C=N–C) groups is 1. The molecule has 3 aromatic rings. The van der Waals surface area contributed by atoms with E-state index in [1.807, 2.05) is 63.3 Å². The molecule has 1 saturated heterocycles. The summed E-state index contributed by atoms with van der Waals surface area (Å²) in [5.41, 5.74) is 5.22. The van der Waals surface area contributed by atoms with E-state index in [2.05, 4.69) is 24.6 Å². The predicted octanol–water partition coefficient (Wildman–Crippen LogP) is 4.49. The molecule has 0 aromatic carbocycles. The minimum Gasteiger partial charge on any atom is -0.500 e. The molecule has 2 atom stereocenters. The fourth-order valence-corrected chi connectivity index (χ4v) is 6.32. The Morgan fingerprint density at radius 1 is 1.15 bits per heavy atom. The highest BCUT2D eigenvalue weighted by molar-refractivity contribution is 6.06. The third kappa shape index (κ3) is 6.95. The lowest BCUT2D eigenvalue weighted by Gasteiger charge is -2.39. The fourth-order valence-electron chi connectivity index (χ4n) is 6.32. The van der Waals surface area contributed by atoms with Gasteiger partial charge in [0.15, 0.2) is 0 Å². The zero-order chi connectivity index (χ0) is 33.3. The molecule has 5 heterocycles. The molecule has 5 rings (SSSR count). The van der Waals surface area contributed by atoms with E-state index >= 15 is 0 Å². The van der Waals surface area contributed by atoms with E-state index in [0.29, 0.717) is 43.2 Å². The van der Waals surface area contributed by atoms with Crippen LogP contribution in [0.1, 0.15) is 41.5 Å². The second-order valence-corrected chi connectivity index (χ2v) is 12.1. The largest absolute Gasteiger partial charge is 0.500 e. The SMILES string of the molecule is COC1=CC(C)=NC(=O)C1CNC(=O)c1cc2c(-c3ccnc(N(C)C)c3)ccn2c(C(C)N2CCN(CC(F)(F)F)CC2)c1C. The monoisotopic (exact) mass is 639 g/mol. The quantitative estimate of drug-likeness (QED) is 0.369. The molecule has 0 bridgehead atoms. The maximum atomic E-state index is 13.9. The minimum absolute atomic E-state index is 0.00914. The normalized spacial score (nSPS) is 18.7. The van der Waals surface area contributed by atoms with Gasteiger partial charge in [0.2, 0.25) is 0 Å². The standard InChI is InChI=1S/C33H40F3N7O3/c1-20-15-28(46-6)26(32(45)39-20)18-38-31(44)25-17-27-24(23-7-9-37-29(16-23)40(4)5)8-10-43(27)30(21(25)2)22(3)42-13-11-41(12-14-42)19-33(34,35)36/h7-10,15-17,22,26H,11-14,18-19H2,1-6H3,(H,38,44). The molecule has 10 nitrogen and oxygen atoms in total. The lowest BCUT2D eigenvalue weighted by atomic mass is 9.98. The van der Waals surface area contributed by atoms with Crippen LogP contribution < -0.4 is 10.2 Å². The molecule has 0 aliphatic carbocycles. The van der Waals surface area contributed by atoms with Crippen molar-refractivity contribution in [2.75, 3.05) is 65.4 Å². The average molecular weight is 640 g/mol. The van der Waals surface area contributed by atoms with Gasteiger partial charge in [-0.1, -0.05) is 0 Å². The third-order valence-electron chi connectivity index (χ3n) is 8.75. The lowest BCUT2D eigenvalue weighted by Crippen LogP contribution is -2.50. The molecule has 246 valence electrons. The topological polar surface area (TPSA) is 94.8 Å². The predicted molar refractivity (Wildman–Crippen MR) is 171 cm³/mol. The first-order valence-corrected chi connectivity index (χ1v) is 15.2. The van der Waals surface area contributed by atoms with E-state index in [1.54, 1.807) is 19.2 Å². The summed E-state index contributed by atoms with van der Waals surface area (Å²) in [6.45, 7) is 6.19. The Morgan fingerprint density at radius 2 is 1.87 bits per heavy atom. The molecular weight excluding hydrogens is 599 g/mol. The second-order valence-electron chi connectivity index (χ2n) is 12.1. The van der Waals surface area contributed by atoms with Gasteiger partial charge in [-0.2, -0.15) is 13.2 Å². The van der Waals surface area contributed by atoms with Crippen molar-refractivity contribution in [3.05, 3.63) is 65.3 Å². The number of anilines is 1. The van der Waals surface area contributed by atoms with Crippen molar-refractivity contribution in [1.29, 1.82) is 0 Å². The Kier molecular flexibility index (Phi) is 9.54. The van der Waals surface area contributed by atoms with Gasteiger partial charge in [0, 0.05) is 87.8 Å². The maximum absolute atomic E-state index is 13.9. The highest BCUT2D eigenvalue weighted by atomic mass is 19.4. The van der Waals surface area contributed by atoms with Gasteiger partial charge in [-0.25, -0.2) is 9.98 Å². The molecule has 13 heteroatoms. The highest BCUT2D eigenvalue weighted by Gasteiger charge is 2.34. The molecule has 1 N–H and O–H groups in total. The number of halogens is 3. The smallest absolute Gasteiger partial charge is 0.401 e. The molecule has 1 fully saturated rings. The summed E-state index contributed by atoms with van der Waals surface area (Å²) in [5, 5.41) is 2.93. The van der Waals surface area contributed by atoms with Crippen LogP contribution in [0.25, 0.3) is 16.6 Å². The summed E-state index contributed by atoms with van der Waals surface area (Å²) < 4.78 is 46.6. The van der Waals surface area contributed by atoms with Gasteiger partial charge in [0.05, 0.1) is 19.2 Å². The van der Waals surface area contributed by atoms with Crippen LogP contribution in [0.4, 0.5) is 19.0 Å². The van der Waals surface area contributed by atoms with Crippen LogP contribution in [-0.2, 0) is 9.53 Å². The van der Waals surface area contributed by atoms with Crippen LogP contribution in [0.2, 0.25) is 0 Å². The van der Waals surface area contributed by atoms with Gasteiger partial charge in [0.25, 0.3) is 11.8 Å². The molecule has 0 saturated carbocycles. The van der Waals surface area contributed by atoms with E-state index in [1.165, 1.54) is 12.0 Å². The molecular formula is C33H40F3N7O3. The summed E-state index contributed by atoms with van der Waals surface area (Å²) >= 11 is 0. The second kappa shape index (κ2) is 13.2. The molecule has 3 aromatic heterocycles. The molecule has 46 heavy (non-hydrogen) atoms. The molecule has 2 amide bonds. The Labute approximate surface area is 266 Å². The van der Waals surface area contributed by atoms with Gasteiger partial charge in [-0.05, 0) is 62.2 Å². The lowest BCUT2D eigenvalue weighted by molar-refractivity contribution is -0.149. The number of pyridine rings is 2. The molecule has 0 radical (unpaired) electrons. The Balaban J connectivity index is 1.52. The van der Waals surface area contributed by atoms with Gasteiger partial charge in [0.1, 0.15) is 17.5 Å². The Morgan fingerprint density at radius 3 is 2.52 bits per heavy atom. The van der Waals surface area contributed by atoms with Gasteiger partial charge < -0.3 is 19.4 Å². The number of ether oxygens (including phenoxy) is 1. The fraction of sp³-hybridized carbons (Fsp3) is 0.455. The van der Waals surface area contributed by atoms with Crippen LogP contribution in [0, 0.1) is 12.8 Å². The van der Waals surface area contributed by atoms with Crippen molar-refractivity contribution < 1.29 is 27.5 Å². The zero-order valence-electron chi connectivity index (χ0n) is 27.0. The van der Waals surface area contributed by atoms with Gasteiger partial charge in [-0.3, -0.25) is 19.4 Å². The van der Waals surface area contributed by atoms with E-state index in [0.717, 1.165) is 33.7 Å². The number of rotatable bonds is 9. The molecule has 2 aliphatic heterocycles. The molecule has 0 spiro atoms. The number of allylic oxidation sites excluding steroid dienone is 1. The Bertz CT molecular complexity index is 1690. The van der Waals surface area contributed by atoms with E-state index in [-0.39, 0.29) is 24.4 Å². The van der Waals surface area contributed by atoms with Gasteiger partial charge in [-0.15, -0.1) is 0 Å². The summed E-state index contributed by atoms with van der Waals surface area (Å²) in [6, 6.07) is 7.54. The number of fused-ring (bicyclic) bond motifs is 1. The van der Waals surface area contributed by atoms with Crippen molar-refractivity contribution in [2.45, 2.75) is 33.0 Å². The number of hydrogen-bond donors (Lipinski definition) is 1. The number of hydrogen-bond acceptors (Lipinski definition) is 7. The van der Waals surface area contributed by atoms with Crippen molar-refractivity contribution in [3.8, 4) is 11.1 Å². The number of alkyl halides is 3. The highest BCUT2D eigenvalue weighted by Crippen LogP contribution is 2.35. The van der Waals surface area contributed by atoms with E-state index in [9.17, 15) is 22.8 Å². The number of dihydropyridines is 1. The van der Waals surface area contributed by atoms with Crippen molar-refractivity contribution in [3.63, 3.8) is 0 Å². The van der Waals surface area contributed by atoms with E-state index in [4.69, 9.17) is 4.74 Å². The summed E-state index contributed by atoms with van der Waals surface area (Å²) in [4.78, 5) is 40.5. The first-order valence-electron chi connectivity index (χ1n) is 15.2. The number of nitrogens with zero attached hydrogens (tertiary/aromatic N) is 6. The van der Waals surface area contributed by atoms with Crippen molar-refractivity contribution in [2.24, 2.45) is 10.9 Å². The molecule has 2 unspecified atom stereocenters. The molecule has 2 aliphatic rings. The van der Waals surface area contributed by atoms with Crippen LogP contribution in [0.3, 0.4) is 0 Å². The number of methoxy groups -OCH3 is 1. The van der Waals surface area contributed by atoms with Crippen LogP contribution in [0.15, 0.2) is 53.5 Å². The zero-order valence-corrected chi connectivity index (χ0v) is 27.0. The van der Waals surface area contributed by atoms with E-state index < -0.39 is 18.6 Å². The third-order valence-corrected chi connectivity index (χ3v) is 8.75. The van der Waals surface area contributed by atoms with Crippen molar-refractivity contribution >= 4 is 28.9 Å². The number of piperazine rings is 1. The van der Waals surface area contributed by atoms with Crippen molar-refractivity contribution in [1.82, 2.24) is 24.5 Å². The number of nitrogens with one attached hydrogen (secondary N) is 1. The maximum Gasteiger partial charge on any atom is 0.401 e. The first kappa shape index (κ1) is 33.1. The Hall–Kier alpha value is -4.23. The van der Waals surface area contributed by atoms with Crippen LogP contribution >= 0.6 is 0 Å². The average Bonchev–Trinajstić information content (AvgIpc) is 3.42. The number of carbonyl (C=O) groups excluding carboxylic acids is 2.